The van der Waals surface area contributed by atoms with Gasteiger partial charge in [-0.05, 0) is 40.5 Å². The molecule has 2 N–H and O–H groups in total. The fraction of sp³-hybridized carbons (Fsp3) is 0.200. The molecule has 1 aliphatic rings. The normalized spacial score (nSPS) is 15.8. The van der Waals surface area contributed by atoms with Crippen molar-refractivity contribution in [1.29, 1.82) is 0 Å². The highest BCUT2D eigenvalue weighted by Gasteiger charge is 2.37. The molecule has 5 rings (SSSR count). The molecule has 1 atom stereocenters. The number of methoxy groups -OCH3 is 1. The lowest BCUT2D eigenvalue weighted by Gasteiger charge is -2.42. The Morgan fingerprint density at radius 1 is 1.23 bits per heavy atom. The van der Waals surface area contributed by atoms with Crippen LogP contribution in [0.3, 0.4) is 0 Å². The number of hydrogen-bond donors (Lipinski definition) is 1. The van der Waals surface area contributed by atoms with Gasteiger partial charge in [-0.2, -0.15) is 15.1 Å². The number of halogens is 2. The molecule has 0 unspecified atom stereocenters. The monoisotopic (exact) mass is 501 g/mol. The van der Waals surface area contributed by atoms with Gasteiger partial charge in [-0.3, -0.25) is 9.36 Å². The molecule has 0 radical (unpaired) electrons. The van der Waals surface area contributed by atoms with Crippen LogP contribution in [0.5, 0.6) is 5.88 Å². The Labute approximate surface area is 190 Å². The van der Waals surface area contributed by atoms with E-state index in [0.29, 0.717) is 44.8 Å². The van der Waals surface area contributed by atoms with Gasteiger partial charge >= 0.3 is 0 Å². The van der Waals surface area contributed by atoms with Crippen LogP contribution in [0.15, 0.2) is 51.9 Å². The van der Waals surface area contributed by atoms with Crippen LogP contribution >= 0.6 is 27.5 Å². The van der Waals surface area contributed by atoms with Gasteiger partial charge in [-0.25, -0.2) is 4.52 Å². The van der Waals surface area contributed by atoms with E-state index in [9.17, 15) is 4.79 Å². The Balaban J connectivity index is 1.71. The number of aromatic nitrogens is 5. The van der Waals surface area contributed by atoms with Crippen LogP contribution in [-0.2, 0) is 0 Å². The lowest BCUT2D eigenvalue weighted by Crippen LogP contribution is -2.45. The van der Waals surface area contributed by atoms with E-state index < -0.39 is 0 Å². The van der Waals surface area contributed by atoms with E-state index in [4.69, 9.17) is 27.2 Å². The van der Waals surface area contributed by atoms with Gasteiger partial charge in [-0.15, -0.1) is 0 Å². The van der Waals surface area contributed by atoms with Gasteiger partial charge in [0.25, 0.3) is 5.56 Å². The summed E-state index contributed by atoms with van der Waals surface area (Å²) < 4.78 is 9.03. The average Bonchev–Trinajstić information content (AvgIpc) is 3.11. The number of benzene rings is 1. The van der Waals surface area contributed by atoms with Crippen LogP contribution in [0, 0.1) is 0 Å². The summed E-state index contributed by atoms with van der Waals surface area (Å²) in [6.07, 6.45) is 2.46. The molecule has 0 spiro atoms. The molecule has 0 amide bonds. The van der Waals surface area contributed by atoms with Gasteiger partial charge < -0.3 is 15.4 Å². The first-order valence-electron chi connectivity index (χ1n) is 9.48. The third kappa shape index (κ3) is 3.14. The second kappa shape index (κ2) is 7.54. The summed E-state index contributed by atoms with van der Waals surface area (Å²) in [6.45, 7) is 0.706. The molecule has 0 saturated carbocycles. The first-order chi connectivity index (χ1) is 15.0. The topological polar surface area (TPSA) is 104 Å². The Bertz CT molecular complexity index is 1360. The van der Waals surface area contributed by atoms with Crippen molar-refractivity contribution in [2.24, 2.45) is 0 Å². The maximum atomic E-state index is 13.5. The number of fused-ring (bicyclic) bond motifs is 1. The standard InChI is InChI=1S/C20H17BrClN7O2/c1-31-18-14(21)17(24-20(23)25-18)27-9-8-13(27)16-26-28-10-7-12(22)15(28)19(30)29(16)11-5-3-2-4-6-11/h2-7,10,13H,8-9H2,1H3,(H2,23,24,25)/t13-/m0/s1. The number of nitrogens with zero attached hydrogens (tertiary/aromatic N) is 6. The Morgan fingerprint density at radius 3 is 2.68 bits per heavy atom. The smallest absolute Gasteiger partial charge is 0.284 e. The SMILES string of the molecule is COc1nc(N)nc(N2CC[C@H]2c2nn3ccc(Cl)c3c(=O)n2-c2ccccc2)c1Br. The lowest BCUT2D eigenvalue weighted by atomic mass is 10.0. The molecule has 4 heterocycles. The number of nitrogens with two attached hydrogens (primary N) is 1. The van der Waals surface area contributed by atoms with E-state index in [1.807, 2.05) is 35.2 Å². The van der Waals surface area contributed by atoms with Gasteiger partial charge in [-0.1, -0.05) is 29.8 Å². The number of para-hydroxylation sites is 1. The van der Waals surface area contributed by atoms with Crippen molar-refractivity contribution in [3.63, 3.8) is 0 Å². The second-order valence-corrected chi connectivity index (χ2v) is 8.22. The molecule has 158 valence electrons. The predicted molar refractivity (Wildman–Crippen MR) is 121 cm³/mol. The molecule has 0 bridgehead atoms. The largest absolute Gasteiger partial charge is 0.480 e. The van der Waals surface area contributed by atoms with E-state index in [1.165, 1.54) is 11.6 Å². The van der Waals surface area contributed by atoms with E-state index >= 15 is 0 Å². The van der Waals surface area contributed by atoms with Crippen molar-refractivity contribution in [3.8, 4) is 11.6 Å². The van der Waals surface area contributed by atoms with Gasteiger partial charge in [0.1, 0.15) is 9.99 Å². The minimum Gasteiger partial charge on any atom is -0.480 e. The lowest BCUT2D eigenvalue weighted by molar-refractivity contribution is 0.389. The number of nitrogen functional groups attached to an aromatic ring is 1. The van der Waals surface area contributed by atoms with Crippen molar-refractivity contribution in [1.82, 2.24) is 24.1 Å². The third-order valence-electron chi connectivity index (χ3n) is 5.28. The van der Waals surface area contributed by atoms with Crippen molar-refractivity contribution in [2.45, 2.75) is 12.5 Å². The molecular weight excluding hydrogens is 486 g/mol. The van der Waals surface area contributed by atoms with Gasteiger partial charge in [0, 0.05) is 12.7 Å². The zero-order chi connectivity index (χ0) is 21.7. The quantitative estimate of drug-likeness (QED) is 0.457. The van der Waals surface area contributed by atoms with Crippen LogP contribution in [-0.4, -0.2) is 37.8 Å². The van der Waals surface area contributed by atoms with Crippen LogP contribution in [0.25, 0.3) is 11.2 Å². The molecular formula is C20H17BrClN7O2. The van der Waals surface area contributed by atoms with Crippen LogP contribution in [0.2, 0.25) is 5.02 Å². The highest BCUT2D eigenvalue weighted by molar-refractivity contribution is 9.10. The number of hydrogen-bond acceptors (Lipinski definition) is 7. The molecule has 4 aromatic rings. The summed E-state index contributed by atoms with van der Waals surface area (Å²) in [5, 5.41) is 5.11. The number of anilines is 2. The Hall–Kier alpha value is -3.11. The number of ether oxygens (including phenoxy) is 1. The first-order valence-corrected chi connectivity index (χ1v) is 10.7. The fourth-order valence-corrected chi connectivity index (χ4v) is 4.55. The minimum absolute atomic E-state index is 0.0988. The van der Waals surface area contributed by atoms with Crippen LogP contribution < -0.4 is 20.9 Å². The first kappa shape index (κ1) is 19.8. The molecule has 3 aromatic heterocycles. The Morgan fingerprint density at radius 2 is 2.00 bits per heavy atom. The summed E-state index contributed by atoms with van der Waals surface area (Å²) in [7, 11) is 1.52. The second-order valence-electron chi connectivity index (χ2n) is 7.02. The summed E-state index contributed by atoms with van der Waals surface area (Å²) in [6, 6.07) is 10.8. The van der Waals surface area contributed by atoms with Crippen molar-refractivity contribution in [3.05, 3.63) is 68.3 Å². The van der Waals surface area contributed by atoms with Crippen molar-refractivity contribution < 1.29 is 4.74 Å². The summed E-state index contributed by atoms with van der Waals surface area (Å²) in [5.74, 6) is 1.60. The summed E-state index contributed by atoms with van der Waals surface area (Å²) in [4.78, 5) is 24.0. The van der Waals surface area contributed by atoms with Gasteiger partial charge in [0.2, 0.25) is 11.8 Å². The minimum atomic E-state index is -0.239. The fourth-order valence-electron chi connectivity index (χ4n) is 3.76. The number of rotatable bonds is 4. The van der Waals surface area contributed by atoms with E-state index in [2.05, 4.69) is 25.9 Å². The Kier molecular flexibility index (Phi) is 4.82. The maximum absolute atomic E-state index is 13.5. The molecule has 0 aliphatic carbocycles. The average molecular weight is 503 g/mol. The molecule has 1 fully saturated rings. The zero-order valence-corrected chi connectivity index (χ0v) is 18.7. The van der Waals surface area contributed by atoms with E-state index in [1.54, 1.807) is 16.8 Å². The van der Waals surface area contributed by atoms with Crippen LogP contribution in [0.4, 0.5) is 11.8 Å². The highest BCUT2D eigenvalue weighted by atomic mass is 79.9. The van der Waals surface area contributed by atoms with Gasteiger partial charge in [0.15, 0.2) is 11.6 Å². The molecule has 31 heavy (non-hydrogen) atoms. The van der Waals surface area contributed by atoms with Gasteiger partial charge in [0.05, 0.1) is 23.9 Å². The molecule has 11 heteroatoms. The summed E-state index contributed by atoms with van der Waals surface area (Å²) >= 11 is 9.79. The van der Waals surface area contributed by atoms with E-state index in [0.717, 1.165) is 6.42 Å². The zero-order valence-electron chi connectivity index (χ0n) is 16.4. The maximum Gasteiger partial charge on any atom is 0.284 e. The predicted octanol–water partition coefficient (Wildman–Crippen LogP) is 3.23. The van der Waals surface area contributed by atoms with Crippen LogP contribution in [0.1, 0.15) is 18.3 Å². The van der Waals surface area contributed by atoms with Crippen molar-refractivity contribution >= 4 is 44.8 Å². The molecule has 1 saturated heterocycles. The van der Waals surface area contributed by atoms with E-state index in [-0.39, 0.29) is 17.5 Å². The molecule has 9 nitrogen and oxygen atoms in total. The highest BCUT2D eigenvalue weighted by Crippen LogP contribution is 2.42. The molecule has 1 aliphatic heterocycles. The third-order valence-corrected chi connectivity index (χ3v) is 6.28. The van der Waals surface area contributed by atoms with Crippen molar-refractivity contribution in [2.75, 3.05) is 24.3 Å². The molecule has 1 aromatic carbocycles. The summed E-state index contributed by atoms with van der Waals surface area (Å²) in [5.41, 5.74) is 6.69.